The molecule has 0 saturated heterocycles. The Hall–Kier alpha value is -0.380. The lowest BCUT2D eigenvalue weighted by molar-refractivity contribution is -0.136. The molecule has 0 aromatic heterocycles. The molecule has 0 aliphatic carbocycles. The van der Waals surface area contributed by atoms with Gasteiger partial charge in [-0.3, -0.25) is 9.00 Å². The van der Waals surface area contributed by atoms with Crippen LogP contribution in [0.3, 0.4) is 0 Å². The highest BCUT2D eigenvalue weighted by molar-refractivity contribution is 7.85. The Morgan fingerprint density at radius 3 is 2.31 bits per heavy atom. The average molecular weight is 206 g/mol. The van der Waals surface area contributed by atoms with Gasteiger partial charge in [-0.2, -0.15) is 0 Å². The van der Waals surface area contributed by atoms with Crippen LogP contribution in [0.4, 0.5) is 0 Å². The summed E-state index contributed by atoms with van der Waals surface area (Å²) in [6, 6.07) is 0. The number of carboxylic acids is 1. The zero-order chi connectivity index (χ0) is 10.4. The van der Waals surface area contributed by atoms with Gasteiger partial charge in [0.15, 0.2) is 0 Å². The Kier molecular flexibility index (Phi) is 5.95. The van der Waals surface area contributed by atoms with Crippen molar-refractivity contribution < 1.29 is 14.1 Å². The van der Waals surface area contributed by atoms with E-state index in [0.717, 1.165) is 6.42 Å². The molecular weight excluding hydrogens is 188 g/mol. The van der Waals surface area contributed by atoms with Crippen LogP contribution in [0.15, 0.2) is 0 Å². The van der Waals surface area contributed by atoms with Crippen molar-refractivity contribution in [3.63, 3.8) is 0 Å². The third-order valence-electron chi connectivity index (χ3n) is 1.81. The van der Waals surface area contributed by atoms with Crippen LogP contribution in [0.5, 0.6) is 0 Å². The molecule has 0 radical (unpaired) electrons. The van der Waals surface area contributed by atoms with Crippen molar-refractivity contribution in [3.8, 4) is 0 Å². The van der Waals surface area contributed by atoms with Crippen LogP contribution >= 0.6 is 0 Å². The number of hydrogen-bond donors (Lipinski definition) is 1. The van der Waals surface area contributed by atoms with Crippen LogP contribution in [0.2, 0.25) is 0 Å². The van der Waals surface area contributed by atoms with Crippen LogP contribution in [0, 0.1) is 5.92 Å². The van der Waals surface area contributed by atoms with Crippen molar-refractivity contribution in [2.24, 2.45) is 5.92 Å². The maximum absolute atomic E-state index is 11.4. The second-order valence-electron chi connectivity index (χ2n) is 3.68. The first-order valence-corrected chi connectivity index (χ1v) is 5.90. The van der Waals surface area contributed by atoms with Crippen LogP contribution in [-0.4, -0.2) is 26.3 Å². The molecule has 0 aromatic carbocycles. The number of carbonyl (C=O) groups is 1. The van der Waals surface area contributed by atoms with E-state index in [1.165, 1.54) is 0 Å². The van der Waals surface area contributed by atoms with E-state index in [1.807, 2.05) is 0 Å². The van der Waals surface area contributed by atoms with E-state index in [-0.39, 0.29) is 11.7 Å². The van der Waals surface area contributed by atoms with Gasteiger partial charge in [-0.25, -0.2) is 0 Å². The Morgan fingerprint density at radius 1 is 1.38 bits per heavy atom. The summed E-state index contributed by atoms with van der Waals surface area (Å²) in [5.41, 5.74) is 0. The molecule has 0 bridgehead atoms. The zero-order valence-corrected chi connectivity index (χ0v) is 9.26. The minimum atomic E-state index is -0.987. The second kappa shape index (κ2) is 6.13. The lowest BCUT2D eigenvalue weighted by Crippen LogP contribution is -2.18. The fourth-order valence-electron chi connectivity index (χ4n) is 0.892. The first-order chi connectivity index (χ1) is 5.93. The minimum absolute atomic E-state index is 0.00467. The third-order valence-corrected chi connectivity index (χ3v) is 3.51. The highest BCUT2D eigenvalue weighted by atomic mass is 32.2. The van der Waals surface area contributed by atoms with Crippen molar-refractivity contribution >= 4 is 16.8 Å². The fraction of sp³-hybridized carbons (Fsp3) is 0.889. The van der Waals surface area contributed by atoms with E-state index in [0.29, 0.717) is 11.7 Å². The zero-order valence-electron chi connectivity index (χ0n) is 8.45. The van der Waals surface area contributed by atoms with Crippen molar-refractivity contribution in [2.45, 2.75) is 38.9 Å². The van der Waals surface area contributed by atoms with E-state index in [1.54, 1.807) is 6.92 Å². The number of carboxylic acid groups (broad SMARTS) is 1. The number of aliphatic carboxylic acids is 1. The van der Waals surface area contributed by atoms with Gasteiger partial charge in [-0.15, -0.1) is 0 Å². The van der Waals surface area contributed by atoms with Gasteiger partial charge in [0.05, 0.1) is 6.42 Å². The van der Waals surface area contributed by atoms with Crippen molar-refractivity contribution in [3.05, 3.63) is 0 Å². The van der Waals surface area contributed by atoms with Crippen molar-refractivity contribution in [1.82, 2.24) is 0 Å². The van der Waals surface area contributed by atoms with Gasteiger partial charge in [0.2, 0.25) is 0 Å². The van der Waals surface area contributed by atoms with Crippen LogP contribution < -0.4 is 0 Å². The quantitative estimate of drug-likeness (QED) is 0.719. The minimum Gasteiger partial charge on any atom is -0.481 e. The summed E-state index contributed by atoms with van der Waals surface area (Å²) in [7, 11) is -0.987. The molecule has 13 heavy (non-hydrogen) atoms. The molecule has 0 aliphatic heterocycles. The number of hydrogen-bond acceptors (Lipinski definition) is 2. The Labute approximate surface area is 82.0 Å². The highest BCUT2D eigenvalue weighted by Crippen LogP contribution is 2.07. The molecule has 0 spiro atoms. The Morgan fingerprint density at radius 2 is 1.92 bits per heavy atom. The van der Waals surface area contributed by atoms with E-state index >= 15 is 0 Å². The summed E-state index contributed by atoms with van der Waals surface area (Å²) in [4.78, 5) is 10.3. The van der Waals surface area contributed by atoms with Crippen LogP contribution in [0.1, 0.15) is 33.6 Å². The molecule has 4 heteroatoms. The Balaban J connectivity index is 3.76. The van der Waals surface area contributed by atoms with Gasteiger partial charge < -0.3 is 5.11 Å². The summed E-state index contributed by atoms with van der Waals surface area (Å²) in [5.74, 6) is 0.276. The number of rotatable bonds is 6. The molecule has 0 aliphatic rings. The topological polar surface area (TPSA) is 54.4 Å². The third kappa shape index (κ3) is 6.75. The maximum Gasteiger partial charge on any atom is 0.304 e. The fourth-order valence-corrected chi connectivity index (χ4v) is 2.33. The molecule has 0 amide bonds. The van der Waals surface area contributed by atoms with Crippen molar-refractivity contribution in [1.29, 1.82) is 0 Å². The maximum atomic E-state index is 11.4. The second-order valence-corrected chi connectivity index (χ2v) is 5.65. The summed E-state index contributed by atoms with van der Waals surface area (Å²) < 4.78 is 11.4. The van der Waals surface area contributed by atoms with Gasteiger partial charge in [0.1, 0.15) is 0 Å². The molecule has 3 nitrogen and oxygen atoms in total. The predicted molar refractivity (Wildman–Crippen MR) is 54.2 cm³/mol. The molecule has 0 saturated carbocycles. The van der Waals surface area contributed by atoms with Gasteiger partial charge >= 0.3 is 5.97 Å². The average Bonchev–Trinajstić information content (AvgIpc) is 1.98. The van der Waals surface area contributed by atoms with Crippen LogP contribution in [0.25, 0.3) is 0 Å². The summed E-state index contributed by atoms with van der Waals surface area (Å²) >= 11 is 0. The normalized spacial score (nSPS) is 15.7. The predicted octanol–water partition coefficient (Wildman–Crippen LogP) is 1.64. The van der Waals surface area contributed by atoms with E-state index in [9.17, 15) is 9.00 Å². The van der Waals surface area contributed by atoms with E-state index < -0.39 is 16.8 Å². The first kappa shape index (κ1) is 12.6. The molecule has 2 unspecified atom stereocenters. The summed E-state index contributed by atoms with van der Waals surface area (Å²) in [6.45, 7) is 5.86. The van der Waals surface area contributed by atoms with Gasteiger partial charge in [0, 0.05) is 21.8 Å². The molecular formula is C9H18O3S. The van der Waals surface area contributed by atoms with Gasteiger partial charge in [-0.1, -0.05) is 20.8 Å². The molecule has 1 N–H and O–H groups in total. The lowest BCUT2D eigenvalue weighted by atomic mass is 10.2. The summed E-state index contributed by atoms with van der Waals surface area (Å²) in [5, 5.41) is 8.25. The van der Waals surface area contributed by atoms with Crippen molar-refractivity contribution in [2.75, 3.05) is 5.75 Å². The largest absolute Gasteiger partial charge is 0.481 e. The van der Waals surface area contributed by atoms with Gasteiger partial charge in [0.25, 0.3) is 0 Å². The highest BCUT2D eigenvalue weighted by Gasteiger charge is 2.14. The molecule has 0 fully saturated rings. The molecule has 0 aromatic rings. The lowest BCUT2D eigenvalue weighted by Gasteiger charge is -2.09. The monoisotopic (exact) mass is 206 g/mol. The standard InChI is InChI=1S/C9H18O3S/c1-7(2)4-5-13(12)8(3)6-9(10)11/h7-8H,4-6H2,1-3H3,(H,10,11). The molecule has 0 heterocycles. The van der Waals surface area contributed by atoms with E-state index in [2.05, 4.69) is 13.8 Å². The molecule has 78 valence electrons. The SMILES string of the molecule is CC(C)CCS(=O)C(C)CC(=O)O. The van der Waals surface area contributed by atoms with E-state index in [4.69, 9.17) is 5.11 Å². The first-order valence-electron chi connectivity index (χ1n) is 4.52. The van der Waals surface area contributed by atoms with Crippen LogP contribution in [-0.2, 0) is 15.6 Å². The molecule has 0 rings (SSSR count). The smallest absolute Gasteiger partial charge is 0.304 e. The molecule has 2 atom stereocenters. The Bertz CT molecular complexity index is 189. The summed E-state index contributed by atoms with van der Waals surface area (Å²) in [6.07, 6.45) is 0.904. The van der Waals surface area contributed by atoms with Gasteiger partial charge in [-0.05, 0) is 12.3 Å².